The predicted molar refractivity (Wildman–Crippen MR) is 181 cm³/mol. The minimum Gasteiger partial charge on any atom is -0.135 e. The summed E-state index contributed by atoms with van der Waals surface area (Å²) in [5.74, 6) is 0. The third-order valence-electron chi connectivity index (χ3n) is 6.72. The predicted octanol–water partition coefficient (Wildman–Crippen LogP) is 13.2. The van der Waals surface area contributed by atoms with Gasteiger partial charge in [0.15, 0.2) is 0 Å². The summed E-state index contributed by atoms with van der Waals surface area (Å²) in [7, 11) is 0. The van der Waals surface area contributed by atoms with E-state index in [4.69, 9.17) is 23.2 Å². The molecule has 0 bridgehead atoms. The first-order valence-corrected chi connectivity index (χ1v) is 16.6. The second kappa shape index (κ2) is 11.1. The molecule has 3 aromatic carbocycles. The van der Waals surface area contributed by atoms with E-state index in [2.05, 4.69) is 109 Å². The van der Waals surface area contributed by atoms with Gasteiger partial charge in [-0.15, -0.1) is 45.3 Å². The molecule has 0 unspecified atom stereocenters. The molecule has 194 valence electrons. The standard InChI is InChI=1S/C34H20Cl2S4/c35-33-19-17-31(39-33)25-9-5-23(6-10-25)29-15-13-27(37-29)21-1-2-22(4-3-21)28-14-16-30(38-28)24-7-11-26(12-8-24)32-18-20-34(36)40-32/h1-20H. The average Bonchev–Trinajstić information content (AvgIpc) is 3.81. The van der Waals surface area contributed by atoms with Crippen LogP contribution in [-0.2, 0) is 0 Å². The highest BCUT2D eigenvalue weighted by atomic mass is 35.5. The van der Waals surface area contributed by atoms with Crippen molar-refractivity contribution in [1.82, 2.24) is 0 Å². The number of hydrogen-bond donors (Lipinski definition) is 0. The van der Waals surface area contributed by atoms with Crippen molar-refractivity contribution in [3.63, 3.8) is 0 Å². The van der Waals surface area contributed by atoms with Crippen molar-refractivity contribution < 1.29 is 0 Å². The average molecular weight is 628 g/mol. The summed E-state index contributed by atoms with van der Waals surface area (Å²) >= 11 is 19.1. The number of hydrogen-bond acceptors (Lipinski definition) is 4. The molecule has 6 heteroatoms. The zero-order chi connectivity index (χ0) is 27.1. The van der Waals surface area contributed by atoms with Crippen molar-refractivity contribution in [3.05, 3.63) is 130 Å². The molecule has 0 nitrogen and oxygen atoms in total. The van der Waals surface area contributed by atoms with E-state index in [1.807, 2.05) is 34.8 Å². The fraction of sp³-hybridized carbons (Fsp3) is 0. The molecule has 0 atom stereocenters. The molecule has 0 radical (unpaired) electrons. The van der Waals surface area contributed by atoms with Crippen LogP contribution < -0.4 is 0 Å². The fourth-order valence-electron chi connectivity index (χ4n) is 4.63. The van der Waals surface area contributed by atoms with E-state index < -0.39 is 0 Å². The van der Waals surface area contributed by atoms with E-state index in [9.17, 15) is 0 Å². The van der Waals surface area contributed by atoms with Crippen molar-refractivity contribution in [2.45, 2.75) is 0 Å². The molecule has 0 aliphatic heterocycles. The summed E-state index contributed by atoms with van der Waals surface area (Å²) in [6.45, 7) is 0. The van der Waals surface area contributed by atoms with Crippen LogP contribution in [-0.4, -0.2) is 0 Å². The second-order valence-corrected chi connectivity index (χ2v) is 14.9. The van der Waals surface area contributed by atoms with Gasteiger partial charge in [0.05, 0.1) is 8.67 Å². The molecule has 4 aromatic heterocycles. The third-order valence-corrected chi connectivity index (χ3v) is 11.6. The Balaban J connectivity index is 1.06. The molecule has 0 aliphatic rings. The lowest BCUT2D eigenvalue weighted by Gasteiger charge is -2.03. The van der Waals surface area contributed by atoms with Crippen molar-refractivity contribution in [2.24, 2.45) is 0 Å². The number of rotatable bonds is 6. The summed E-state index contributed by atoms with van der Waals surface area (Å²) < 4.78 is 1.64. The Morgan fingerprint density at radius 1 is 0.250 bits per heavy atom. The normalized spacial score (nSPS) is 11.2. The maximum atomic E-state index is 6.11. The summed E-state index contributed by atoms with van der Waals surface area (Å²) in [5, 5.41) is 0. The molecule has 7 rings (SSSR count). The topological polar surface area (TPSA) is 0 Å². The zero-order valence-corrected chi connectivity index (χ0v) is 25.7. The number of thiophene rings is 4. The van der Waals surface area contributed by atoms with E-state index in [0.29, 0.717) is 0 Å². The van der Waals surface area contributed by atoms with Crippen LogP contribution in [0.5, 0.6) is 0 Å². The molecular weight excluding hydrogens is 608 g/mol. The summed E-state index contributed by atoms with van der Waals surface area (Å²) in [6.07, 6.45) is 0. The van der Waals surface area contributed by atoms with Gasteiger partial charge in [-0.05, 0) is 81.9 Å². The first-order valence-electron chi connectivity index (χ1n) is 12.6. The van der Waals surface area contributed by atoms with Crippen LogP contribution in [0.2, 0.25) is 8.67 Å². The molecule has 7 aromatic rings. The molecule has 0 amide bonds. The minimum atomic E-state index is 0.818. The molecule has 0 saturated heterocycles. The lowest BCUT2D eigenvalue weighted by molar-refractivity contribution is 1.68. The van der Waals surface area contributed by atoms with E-state index in [1.165, 1.54) is 62.6 Å². The zero-order valence-electron chi connectivity index (χ0n) is 20.9. The Kier molecular flexibility index (Phi) is 7.23. The highest BCUT2D eigenvalue weighted by Gasteiger charge is 2.10. The third kappa shape index (κ3) is 5.36. The Morgan fingerprint density at radius 2 is 0.450 bits per heavy atom. The Bertz CT molecular complexity index is 1760. The fourth-order valence-corrected chi connectivity index (χ4v) is 8.76. The van der Waals surface area contributed by atoms with Crippen LogP contribution in [0.25, 0.3) is 62.6 Å². The largest absolute Gasteiger partial charge is 0.135 e. The van der Waals surface area contributed by atoms with Crippen LogP contribution in [0.15, 0.2) is 121 Å². The van der Waals surface area contributed by atoms with Gasteiger partial charge in [-0.25, -0.2) is 0 Å². The molecule has 0 saturated carbocycles. The highest BCUT2D eigenvalue weighted by molar-refractivity contribution is 7.20. The smallest absolute Gasteiger partial charge is 0.0934 e. The molecular formula is C34H20Cl2S4. The van der Waals surface area contributed by atoms with Crippen LogP contribution in [0.3, 0.4) is 0 Å². The first kappa shape index (κ1) is 26.0. The van der Waals surface area contributed by atoms with Gasteiger partial charge in [-0.2, -0.15) is 0 Å². The maximum Gasteiger partial charge on any atom is 0.0934 e. The van der Waals surface area contributed by atoms with Gasteiger partial charge < -0.3 is 0 Å². The Morgan fingerprint density at radius 3 is 0.650 bits per heavy atom. The lowest BCUT2D eigenvalue weighted by Crippen LogP contribution is -1.75. The van der Waals surface area contributed by atoms with Gasteiger partial charge in [-0.3, -0.25) is 0 Å². The summed E-state index contributed by atoms with van der Waals surface area (Å²) in [6, 6.07) is 43.3. The van der Waals surface area contributed by atoms with E-state index in [0.717, 1.165) is 8.67 Å². The van der Waals surface area contributed by atoms with E-state index in [-0.39, 0.29) is 0 Å². The Hall–Kier alpha value is -2.96. The maximum absolute atomic E-state index is 6.11. The van der Waals surface area contributed by atoms with Crippen LogP contribution in [0, 0.1) is 0 Å². The van der Waals surface area contributed by atoms with Gasteiger partial charge in [0.2, 0.25) is 0 Å². The first-order chi connectivity index (χ1) is 19.6. The Labute approximate surface area is 259 Å². The van der Waals surface area contributed by atoms with Gasteiger partial charge in [0, 0.05) is 29.3 Å². The van der Waals surface area contributed by atoms with Crippen molar-refractivity contribution in [1.29, 1.82) is 0 Å². The van der Waals surface area contributed by atoms with Crippen LogP contribution in [0.4, 0.5) is 0 Å². The van der Waals surface area contributed by atoms with Crippen LogP contribution >= 0.6 is 68.5 Å². The second-order valence-electron chi connectivity index (χ2n) is 9.27. The van der Waals surface area contributed by atoms with Crippen molar-refractivity contribution in [3.8, 4) is 62.6 Å². The van der Waals surface area contributed by atoms with Crippen LogP contribution in [0.1, 0.15) is 0 Å². The summed E-state index contributed by atoms with van der Waals surface area (Å²) in [4.78, 5) is 7.47. The number of benzene rings is 3. The molecule has 4 heterocycles. The molecule has 40 heavy (non-hydrogen) atoms. The van der Waals surface area contributed by atoms with E-state index in [1.54, 1.807) is 22.7 Å². The van der Waals surface area contributed by atoms with Gasteiger partial charge >= 0.3 is 0 Å². The molecule has 0 aliphatic carbocycles. The van der Waals surface area contributed by atoms with Gasteiger partial charge in [0.1, 0.15) is 0 Å². The monoisotopic (exact) mass is 626 g/mol. The molecule has 0 spiro atoms. The van der Waals surface area contributed by atoms with Gasteiger partial charge in [-0.1, -0.05) is 96.0 Å². The summed E-state index contributed by atoms with van der Waals surface area (Å²) in [5.41, 5.74) is 7.35. The quantitative estimate of drug-likeness (QED) is 0.172. The number of halogens is 2. The van der Waals surface area contributed by atoms with E-state index >= 15 is 0 Å². The minimum absolute atomic E-state index is 0.818. The highest BCUT2D eigenvalue weighted by Crippen LogP contribution is 2.39. The SMILES string of the molecule is Clc1ccc(-c2ccc(-c3ccc(-c4ccc(-c5ccc(-c6ccc(-c7ccc(Cl)s7)cc6)s5)cc4)s3)cc2)s1. The molecule has 0 fully saturated rings. The molecule has 0 N–H and O–H groups in total. The van der Waals surface area contributed by atoms with Crippen molar-refractivity contribution >= 4 is 68.5 Å². The van der Waals surface area contributed by atoms with Crippen molar-refractivity contribution in [2.75, 3.05) is 0 Å². The lowest BCUT2D eigenvalue weighted by atomic mass is 10.1. The van der Waals surface area contributed by atoms with Gasteiger partial charge in [0.25, 0.3) is 0 Å².